The summed E-state index contributed by atoms with van der Waals surface area (Å²) in [6, 6.07) is 7.43. The second-order valence-electron chi connectivity index (χ2n) is 7.38. The number of rotatable bonds is 10. The van der Waals surface area contributed by atoms with E-state index in [1.165, 1.54) is 0 Å². The third-order valence-electron chi connectivity index (χ3n) is 3.78. The second kappa shape index (κ2) is 11.7. The maximum Gasteiger partial charge on any atom is 0.405 e. The molecule has 4 N–H and O–H groups in total. The maximum atomic E-state index is 12.6. The van der Waals surface area contributed by atoms with Gasteiger partial charge in [0.05, 0.1) is 0 Å². The number of carbonyl (C=O) groups excluding carboxylic acids is 2. The number of hydrazone groups is 1. The molecule has 1 aromatic carbocycles. The van der Waals surface area contributed by atoms with Crippen LogP contribution in [0.3, 0.4) is 0 Å². The lowest BCUT2D eigenvalue weighted by atomic mass is 10.0. The summed E-state index contributed by atoms with van der Waals surface area (Å²) in [5, 5.41) is 17.8. The predicted octanol–water partition coefficient (Wildman–Crippen LogP) is 2.15. The van der Waals surface area contributed by atoms with Crippen LogP contribution in [0, 0.1) is 11.8 Å². The van der Waals surface area contributed by atoms with Gasteiger partial charge >= 0.3 is 6.09 Å². The molecular formula is C20H30N4O4. The SMILES string of the molecule is CC(C)/C=N/NC(=O)[C@H](Cc1ccccc1)NC(=O)[C@H](CC(C)C)NC(=O)O. The Bertz CT molecular complexity index is 674. The molecule has 0 spiro atoms. The summed E-state index contributed by atoms with van der Waals surface area (Å²) in [6.45, 7) is 7.62. The molecule has 2 atom stereocenters. The molecule has 1 aromatic rings. The van der Waals surface area contributed by atoms with Crippen LogP contribution >= 0.6 is 0 Å². The number of nitrogens with one attached hydrogen (secondary N) is 3. The van der Waals surface area contributed by atoms with Gasteiger partial charge in [0.2, 0.25) is 5.91 Å². The van der Waals surface area contributed by atoms with Crippen molar-refractivity contribution in [1.82, 2.24) is 16.1 Å². The van der Waals surface area contributed by atoms with Gasteiger partial charge in [-0.1, -0.05) is 58.0 Å². The summed E-state index contributed by atoms with van der Waals surface area (Å²) in [6.07, 6.45) is 0.888. The molecule has 0 aliphatic rings. The monoisotopic (exact) mass is 390 g/mol. The van der Waals surface area contributed by atoms with Gasteiger partial charge in [0, 0.05) is 12.6 Å². The van der Waals surface area contributed by atoms with Crippen molar-refractivity contribution in [3.8, 4) is 0 Å². The highest BCUT2D eigenvalue weighted by molar-refractivity contribution is 5.91. The van der Waals surface area contributed by atoms with Gasteiger partial charge in [0.25, 0.3) is 5.91 Å². The highest BCUT2D eigenvalue weighted by atomic mass is 16.4. The van der Waals surface area contributed by atoms with Crippen LogP contribution in [-0.2, 0) is 16.0 Å². The Morgan fingerprint density at radius 3 is 2.18 bits per heavy atom. The van der Waals surface area contributed by atoms with Crippen molar-refractivity contribution in [2.45, 2.75) is 52.6 Å². The van der Waals surface area contributed by atoms with Crippen LogP contribution in [0.15, 0.2) is 35.4 Å². The minimum Gasteiger partial charge on any atom is -0.465 e. The number of carbonyl (C=O) groups is 3. The van der Waals surface area contributed by atoms with Gasteiger partial charge in [0.15, 0.2) is 0 Å². The number of hydrogen-bond donors (Lipinski definition) is 4. The molecule has 0 fully saturated rings. The van der Waals surface area contributed by atoms with E-state index in [1.807, 2.05) is 58.0 Å². The largest absolute Gasteiger partial charge is 0.465 e. The lowest BCUT2D eigenvalue weighted by molar-refractivity contribution is -0.130. The Hall–Kier alpha value is -2.90. The van der Waals surface area contributed by atoms with Crippen LogP contribution in [0.2, 0.25) is 0 Å². The van der Waals surface area contributed by atoms with Crippen LogP contribution in [0.4, 0.5) is 4.79 Å². The van der Waals surface area contributed by atoms with Crippen LogP contribution in [0.25, 0.3) is 0 Å². The molecule has 0 aliphatic heterocycles. The molecule has 0 unspecified atom stereocenters. The molecule has 8 heteroatoms. The molecule has 3 amide bonds. The Balaban J connectivity index is 2.93. The predicted molar refractivity (Wildman–Crippen MR) is 108 cm³/mol. The molecule has 1 rings (SSSR count). The van der Waals surface area contributed by atoms with E-state index in [9.17, 15) is 14.4 Å². The Morgan fingerprint density at radius 2 is 1.64 bits per heavy atom. The minimum absolute atomic E-state index is 0.0969. The quantitative estimate of drug-likeness (QED) is 0.361. The van der Waals surface area contributed by atoms with Crippen molar-refractivity contribution in [1.29, 1.82) is 0 Å². The van der Waals surface area contributed by atoms with Crippen LogP contribution in [0.1, 0.15) is 39.7 Å². The Kier molecular flexibility index (Phi) is 9.70. The summed E-state index contributed by atoms with van der Waals surface area (Å²) in [5.41, 5.74) is 3.30. The highest BCUT2D eigenvalue weighted by Crippen LogP contribution is 2.08. The number of nitrogens with zero attached hydrogens (tertiary/aromatic N) is 1. The molecule has 0 aromatic heterocycles. The van der Waals surface area contributed by atoms with Gasteiger partial charge in [-0.25, -0.2) is 10.2 Å². The van der Waals surface area contributed by atoms with E-state index in [4.69, 9.17) is 5.11 Å². The van der Waals surface area contributed by atoms with Gasteiger partial charge in [-0.05, 0) is 23.8 Å². The molecule has 0 bridgehead atoms. The van der Waals surface area contributed by atoms with Crippen molar-refractivity contribution < 1.29 is 19.5 Å². The molecule has 8 nitrogen and oxygen atoms in total. The van der Waals surface area contributed by atoms with Crippen molar-refractivity contribution in [2.75, 3.05) is 0 Å². The normalized spacial score (nSPS) is 13.4. The van der Waals surface area contributed by atoms with E-state index in [1.54, 1.807) is 6.21 Å². The van der Waals surface area contributed by atoms with E-state index >= 15 is 0 Å². The van der Waals surface area contributed by atoms with Crippen molar-refractivity contribution in [2.24, 2.45) is 16.9 Å². The van der Waals surface area contributed by atoms with Crippen molar-refractivity contribution >= 4 is 24.1 Å². The van der Waals surface area contributed by atoms with Gasteiger partial charge in [-0.3, -0.25) is 9.59 Å². The molecular weight excluding hydrogens is 360 g/mol. The van der Waals surface area contributed by atoms with Crippen LogP contribution in [-0.4, -0.2) is 41.3 Å². The first-order valence-electron chi connectivity index (χ1n) is 9.35. The fraction of sp³-hybridized carbons (Fsp3) is 0.500. The van der Waals surface area contributed by atoms with Gasteiger partial charge in [-0.15, -0.1) is 0 Å². The summed E-state index contributed by atoms with van der Waals surface area (Å²) in [7, 11) is 0. The lowest BCUT2D eigenvalue weighted by Gasteiger charge is -2.23. The standard InChI is InChI=1S/C20H30N4O4/c1-13(2)10-16(23-20(27)28)18(25)22-17(11-15-8-6-5-7-9-15)19(26)24-21-12-14(3)4/h5-9,12-14,16-17,23H,10-11H2,1-4H3,(H,22,25)(H,24,26)(H,27,28)/b21-12+/t16-,17-/m0/s1. The van der Waals surface area contributed by atoms with Crippen LogP contribution in [0.5, 0.6) is 0 Å². The molecule has 0 radical (unpaired) electrons. The van der Waals surface area contributed by atoms with Gasteiger partial charge < -0.3 is 15.7 Å². The third kappa shape index (κ3) is 9.16. The zero-order valence-corrected chi connectivity index (χ0v) is 16.8. The zero-order chi connectivity index (χ0) is 21.1. The number of benzene rings is 1. The van der Waals surface area contributed by atoms with Crippen LogP contribution < -0.4 is 16.1 Å². The van der Waals surface area contributed by atoms with Gasteiger partial charge in [-0.2, -0.15) is 5.10 Å². The maximum absolute atomic E-state index is 12.6. The van der Waals surface area contributed by atoms with Gasteiger partial charge in [0.1, 0.15) is 12.1 Å². The summed E-state index contributed by atoms with van der Waals surface area (Å²) in [4.78, 5) is 36.2. The van der Waals surface area contributed by atoms with E-state index in [0.717, 1.165) is 5.56 Å². The lowest BCUT2D eigenvalue weighted by Crippen LogP contribution is -2.54. The van der Waals surface area contributed by atoms with E-state index in [0.29, 0.717) is 6.42 Å². The first kappa shape index (κ1) is 23.1. The molecule has 0 saturated carbocycles. The molecule has 0 saturated heterocycles. The topological polar surface area (TPSA) is 120 Å². The van der Waals surface area contributed by atoms with Crippen molar-refractivity contribution in [3.63, 3.8) is 0 Å². The molecule has 0 heterocycles. The smallest absolute Gasteiger partial charge is 0.405 e. The summed E-state index contributed by atoms with van der Waals surface area (Å²) < 4.78 is 0. The number of carboxylic acid groups (broad SMARTS) is 1. The first-order valence-corrected chi connectivity index (χ1v) is 9.35. The average molecular weight is 390 g/mol. The molecule has 0 aliphatic carbocycles. The summed E-state index contributed by atoms with van der Waals surface area (Å²) in [5.74, 6) is -0.745. The Labute approximate surface area is 165 Å². The fourth-order valence-electron chi connectivity index (χ4n) is 2.51. The third-order valence-corrected chi connectivity index (χ3v) is 3.78. The number of hydrogen-bond acceptors (Lipinski definition) is 4. The average Bonchev–Trinajstić information content (AvgIpc) is 2.60. The molecule has 28 heavy (non-hydrogen) atoms. The van der Waals surface area contributed by atoms with Crippen molar-refractivity contribution in [3.05, 3.63) is 35.9 Å². The van der Waals surface area contributed by atoms with E-state index in [-0.39, 0.29) is 18.3 Å². The van der Waals surface area contributed by atoms with E-state index in [2.05, 4.69) is 21.2 Å². The summed E-state index contributed by atoms with van der Waals surface area (Å²) >= 11 is 0. The second-order valence-corrected chi connectivity index (χ2v) is 7.38. The highest BCUT2D eigenvalue weighted by Gasteiger charge is 2.27. The fourth-order valence-corrected chi connectivity index (χ4v) is 2.51. The number of amides is 3. The molecule has 154 valence electrons. The zero-order valence-electron chi connectivity index (χ0n) is 16.8. The minimum atomic E-state index is -1.29. The van der Waals surface area contributed by atoms with E-state index < -0.39 is 30.0 Å². The Morgan fingerprint density at radius 1 is 1.00 bits per heavy atom. The first-order chi connectivity index (χ1) is 13.2.